The number of nitrogens with zero attached hydrogens (tertiary/aromatic N) is 2. The summed E-state index contributed by atoms with van der Waals surface area (Å²) in [6.07, 6.45) is 0.672. The number of aromatic nitrogens is 3. The average Bonchev–Trinajstić information content (AvgIpc) is 2.67. The van der Waals surface area contributed by atoms with Gasteiger partial charge in [0.25, 0.3) is 5.56 Å². The number of aromatic amines is 1. The van der Waals surface area contributed by atoms with Crippen LogP contribution < -0.4 is 11.2 Å². The van der Waals surface area contributed by atoms with Gasteiger partial charge in [0.2, 0.25) is 10.9 Å². The molecule has 96 valence electrons. The molecule has 8 heteroatoms. The van der Waals surface area contributed by atoms with E-state index < -0.39 is 22.2 Å². The number of halogens is 2. The summed E-state index contributed by atoms with van der Waals surface area (Å²) in [4.78, 5) is 30.4. The Kier molecular flexibility index (Phi) is 3.36. The minimum Gasteiger partial charge on any atom is -0.295 e. The Bertz CT molecular complexity index is 719. The Morgan fingerprint density at radius 3 is 2.72 bits per heavy atom. The minimum atomic E-state index is -1.19. The summed E-state index contributed by atoms with van der Waals surface area (Å²) in [7, 11) is 0. The Morgan fingerprint density at radius 2 is 2.17 bits per heavy atom. The summed E-state index contributed by atoms with van der Waals surface area (Å²) in [5.74, 6) is -1.19. The van der Waals surface area contributed by atoms with E-state index in [-0.39, 0.29) is 5.13 Å². The highest BCUT2D eigenvalue weighted by atomic mass is 35.5. The Labute approximate surface area is 110 Å². The van der Waals surface area contributed by atoms with Gasteiger partial charge in [0.15, 0.2) is 5.15 Å². The van der Waals surface area contributed by atoms with Crippen molar-refractivity contribution in [2.45, 2.75) is 20.3 Å². The van der Waals surface area contributed by atoms with E-state index in [9.17, 15) is 14.0 Å². The third kappa shape index (κ3) is 1.99. The summed E-state index contributed by atoms with van der Waals surface area (Å²) in [5.41, 5.74) is -1.13. The monoisotopic (exact) mass is 289 g/mol. The largest absolute Gasteiger partial charge is 0.336 e. The Balaban J connectivity index is 2.75. The van der Waals surface area contributed by atoms with Crippen LogP contribution in [0, 0.1) is 12.7 Å². The number of aryl methyl sites for hydroxylation is 2. The van der Waals surface area contributed by atoms with Gasteiger partial charge in [-0.15, -0.1) is 11.3 Å². The van der Waals surface area contributed by atoms with Crippen molar-refractivity contribution < 1.29 is 4.39 Å². The van der Waals surface area contributed by atoms with Gasteiger partial charge in [-0.2, -0.15) is 8.96 Å². The summed E-state index contributed by atoms with van der Waals surface area (Å²) < 4.78 is 14.0. The second-order valence-corrected chi connectivity index (χ2v) is 5.11. The number of H-pyrrole nitrogens is 1. The highest BCUT2D eigenvalue weighted by Gasteiger charge is 2.17. The molecule has 0 aliphatic rings. The van der Waals surface area contributed by atoms with E-state index in [0.717, 1.165) is 21.9 Å². The van der Waals surface area contributed by atoms with Gasteiger partial charge in [-0.1, -0.05) is 18.5 Å². The predicted octanol–water partition coefficient (Wildman–Crippen LogP) is 1.65. The molecule has 0 unspecified atom stereocenters. The fraction of sp³-hybridized carbons (Fsp3) is 0.300. The Morgan fingerprint density at radius 1 is 1.50 bits per heavy atom. The summed E-state index contributed by atoms with van der Waals surface area (Å²) in [6, 6.07) is 0. The lowest BCUT2D eigenvalue weighted by Gasteiger charge is -2.00. The number of hydrogen-bond donors (Lipinski definition) is 1. The summed E-state index contributed by atoms with van der Waals surface area (Å²) in [6.45, 7) is 3.73. The van der Waals surface area contributed by atoms with Crippen molar-refractivity contribution in [3.8, 4) is 5.13 Å². The topological polar surface area (TPSA) is 67.8 Å². The van der Waals surface area contributed by atoms with E-state index >= 15 is 0 Å². The first-order chi connectivity index (χ1) is 8.45. The van der Waals surface area contributed by atoms with Gasteiger partial charge in [0.1, 0.15) is 0 Å². The van der Waals surface area contributed by atoms with Crippen molar-refractivity contribution in [2.24, 2.45) is 0 Å². The number of nitrogens with one attached hydrogen (secondary N) is 1. The molecule has 0 saturated carbocycles. The number of hydrogen-bond acceptors (Lipinski definition) is 4. The lowest BCUT2D eigenvalue weighted by atomic mass is 10.3. The van der Waals surface area contributed by atoms with E-state index in [1.165, 1.54) is 0 Å². The van der Waals surface area contributed by atoms with Crippen LogP contribution in [-0.2, 0) is 6.42 Å². The van der Waals surface area contributed by atoms with Crippen LogP contribution in [0.3, 0.4) is 0 Å². The smallest absolute Gasteiger partial charge is 0.295 e. The predicted molar refractivity (Wildman–Crippen MR) is 67.4 cm³/mol. The molecular weight excluding hydrogens is 281 g/mol. The molecule has 5 nitrogen and oxygen atoms in total. The summed E-state index contributed by atoms with van der Waals surface area (Å²) >= 11 is 6.54. The van der Waals surface area contributed by atoms with Gasteiger partial charge >= 0.3 is 5.69 Å². The molecule has 2 aromatic rings. The highest BCUT2D eigenvalue weighted by molar-refractivity contribution is 7.14. The molecule has 0 spiro atoms. The first-order valence-corrected chi connectivity index (χ1v) is 6.32. The molecule has 0 radical (unpaired) electrons. The molecule has 0 aliphatic heterocycles. The molecule has 2 heterocycles. The minimum absolute atomic E-state index is 0.145. The molecule has 0 aromatic carbocycles. The van der Waals surface area contributed by atoms with E-state index in [1.807, 2.05) is 13.8 Å². The van der Waals surface area contributed by atoms with Crippen LogP contribution in [0.5, 0.6) is 0 Å². The second-order valence-electron chi connectivity index (χ2n) is 3.55. The van der Waals surface area contributed by atoms with Crippen molar-refractivity contribution >= 4 is 22.9 Å². The maximum absolute atomic E-state index is 13.4. The molecule has 0 atom stereocenters. The van der Waals surface area contributed by atoms with E-state index in [2.05, 4.69) is 9.97 Å². The van der Waals surface area contributed by atoms with Crippen LogP contribution in [0.4, 0.5) is 4.39 Å². The van der Waals surface area contributed by atoms with Gasteiger partial charge in [-0.25, -0.2) is 9.78 Å². The first kappa shape index (κ1) is 13.0. The summed E-state index contributed by atoms with van der Waals surface area (Å²) in [5, 5.41) is -0.448. The molecule has 0 saturated heterocycles. The number of thiazole rings is 1. The lowest BCUT2D eigenvalue weighted by Crippen LogP contribution is -2.35. The number of rotatable bonds is 2. The third-order valence-corrected chi connectivity index (χ3v) is 3.67. The van der Waals surface area contributed by atoms with Crippen LogP contribution in [0.25, 0.3) is 5.13 Å². The highest BCUT2D eigenvalue weighted by Crippen LogP contribution is 2.19. The normalized spacial score (nSPS) is 10.9. The van der Waals surface area contributed by atoms with Crippen molar-refractivity contribution in [3.05, 3.63) is 42.4 Å². The third-order valence-electron chi connectivity index (χ3n) is 2.41. The molecule has 0 bridgehead atoms. The van der Waals surface area contributed by atoms with Gasteiger partial charge < -0.3 is 0 Å². The van der Waals surface area contributed by atoms with Crippen LogP contribution in [0.1, 0.15) is 17.5 Å². The van der Waals surface area contributed by atoms with Crippen molar-refractivity contribution in [3.63, 3.8) is 0 Å². The first-order valence-electron chi connectivity index (χ1n) is 5.12. The van der Waals surface area contributed by atoms with Gasteiger partial charge in [0, 0.05) is 4.88 Å². The van der Waals surface area contributed by atoms with Crippen LogP contribution >= 0.6 is 22.9 Å². The second kappa shape index (κ2) is 4.66. The fourth-order valence-corrected chi connectivity index (χ4v) is 2.66. The molecule has 2 rings (SSSR count). The zero-order chi connectivity index (χ0) is 13.4. The maximum Gasteiger partial charge on any atom is 0.336 e. The van der Waals surface area contributed by atoms with Crippen molar-refractivity contribution in [1.29, 1.82) is 0 Å². The average molecular weight is 290 g/mol. The fourth-order valence-electron chi connectivity index (χ4n) is 1.50. The SMILES string of the molecule is CCc1nc(-n2c(=O)[nH]c(Cl)c(F)c2=O)sc1C. The van der Waals surface area contributed by atoms with Crippen molar-refractivity contribution in [1.82, 2.24) is 14.5 Å². The van der Waals surface area contributed by atoms with Gasteiger partial charge in [0.05, 0.1) is 5.69 Å². The molecular formula is C10H9ClFN3O2S. The van der Waals surface area contributed by atoms with Crippen LogP contribution in [-0.4, -0.2) is 14.5 Å². The van der Waals surface area contributed by atoms with Crippen LogP contribution in [0.2, 0.25) is 5.15 Å². The molecule has 1 N–H and O–H groups in total. The van der Waals surface area contributed by atoms with E-state index in [1.54, 1.807) is 0 Å². The molecule has 0 fully saturated rings. The quantitative estimate of drug-likeness (QED) is 0.855. The van der Waals surface area contributed by atoms with Crippen molar-refractivity contribution in [2.75, 3.05) is 0 Å². The lowest BCUT2D eigenvalue weighted by molar-refractivity contribution is 0.584. The zero-order valence-electron chi connectivity index (χ0n) is 9.58. The molecule has 2 aromatic heterocycles. The standard InChI is InChI=1S/C10H9ClFN3O2S/c1-3-5-4(2)18-10(13-5)15-8(16)6(12)7(11)14-9(15)17/h3H2,1-2H3,(H,14,17). The Hall–Kier alpha value is -1.47. The molecule has 0 aliphatic carbocycles. The van der Waals surface area contributed by atoms with E-state index in [4.69, 9.17) is 11.6 Å². The van der Waals surface area contributed by atoms with Crippen LogP contribution in [0.15, 0.2) is 9.59 Å². The van der Waals surface area contributed by atoms with E-state index in [0.29, 0.717) is 11.0 Å². The maximum atomic E-state index is 13.4. The molecule has 18 heavy (non-hydrogen) atoms. The molecule has 0 amide bonds. The van der Waals surface area contributed by atoms with Gasteiger partial charge in [-0.3, -0.25) is 9.78 Å². The van der Waals surface area contributed by atoms with Gasteiger partial charge in [-0.05, 0) is 13.3 Å². The zero-order valence-corrected chi connectivity index (χ0v) is 11.2.